The first-order chi connectivity index (χ1) is 12.0. The second-order valence-electron chi connectivity index (χ2n) is 6.94. The first kappa shape index (κ1) is 19.9. The van der Waals surface area contributed by atoms with Gasteiger partial charge in [-0.2, -0.15) is 0 Å². The predicted molar refractivity (Wildman–Crippen MR) is 97.4 cm³/mol. The molecular formula is C20H31NO4. The highest BCUT2D eigenvalue weighted by Gasteiger charge is 2.40. The molecule has 1 aliphatic heterocycles. The fourth-order valence-corrected chi connectivity index (χ4v) is 3.39. The molecule has 5 nitrogen and oxygen atoms in total. The van der Waals surface area contributed by atoms with Crippen molar-refractivity contribution in [2.75, 3.05) is 20.3 Å². The topological polar surface area (TPSA) is 70.8 Å². The molecule has 0 unspecified atom stereocenters. The van der Waals surface area contributed by atoms with Crippen LogP contribution >= 0.6 is 0 Å². The van der Waals surface area contributed by atoms with Gasteiger partial charge in [0.1, 0.15) is 6.10 Å². The van der Waals surface area contributed by atoms with E-state index in [2.05, 4.69) is 31.2 Å². The summed E-state index contributed by atoms with van der Waals surface area (Å²) in [4.78, 5) is 11.7. The molecule has 0 spiro atoms. The van der Waals surface area contributed by atoms with Gasteiger partial charge in [-0.3, -0.25) is 4.79 Å². The zero-order chi connectivity index (χ0) is 18.2. The van der Waals surface area contributed by atoms with Gasteiger partial charge < -0.3 is 19.9 Å². The van der Waals surface area contributed by atoms with E-state index in [1.54, 1.807) is 7.11 Å². The SMILES string of the molecule is CO[C@@H]1[C@H](OC(=O)CN)[C@H](CCCCc2ccc(C)cc2)OC[C@@H]1C. The second kappa shape index (κ2) is 9.90. The summed E-state index contributed by atoms with van der Waals surface area (Å²) >= 11 is 0. The molecule has 25 heavy (non-hydrogen) atoms. The van der Waals surface area contributed by atoms with Gasteiger partial charge in [0.25, 0.3) is 0 Å². The Hall–Kier alpha value is -1.43. The largest absolute Gasteiger partial charge is 0.456 e. The lowest BCUT2D eigenvalue weighted by molar-refractivity contribution is -0.199. The quantitative estimate of drug-likeness (QED) is 0.577. The van der Waals surface area contributed by atoms with Gasteiger partial charge in [0.05, 0.1) is 19.3 Å². The van der Waals surface area contributed by atoms with Crippen LogP contribution in [-0.4, -0.2) is 44.5 Å². The van der Waals surface area contributed by atoms with E-state index in [0.29, 0.717) is 6.61 Å². The van der Waals surface area contributed by atoms with Gasteiger partial charge in [0.2, 0.25) is 0 Å². The van der Waals surface area contributed by atoms with Gasteiger partial charge in [-0.05, 0) is 31.7 Å². The van der Waals surface area contributed by atoms with E-state index in [1.807, 2.05) is 6.92 Å². The van der Waals surface area contributed by atoms with Crippen molar-refractivity contribution in [2.45, 2.75) is 57.8 Å². The zero-order valence-electron chi connectivity index (χ0n) is 15.6. The first-order valence-corrected chi connectivity index (χ1v) is 9.14. The number of ether oxygens (including phenoxy) is 3. The second-order valence-corrected chi connectivity index (χ2v) is 6.94. The molecular weight excluding hydrogens is 318 g/mol. The minimum absolute atomic E-state index is 0.124. The van der Waals surface area contributed by atoms with Crippen LogP contribution < -0.4 is 5.73 Å². The Morgan fingerprint density at radius 3 is 2.60 bits per heavy atom. The molecule has 2 rings (SSSR count). The Morgan fingerprint density at radius 2 is 1.96 bits per heavy atom. The Kier molecular flexibility index (Phi) is 7.88. The summed E-state index contributed by atoms with van der Waals surface area (Å²) < 4.78 is 17.1. The van der Waals surface area contributed by atoms with Crippen LogP contribution in [0.15, 0.2) is 24.3 Å². The number of carbonyl (C=O) groups is 1. The summed E-state index contributed by atoms with van der Waals surface area (Å²) in [5.41, 5.74) is 8.03. The van der Waals surface area contributed by atoms with Crippen LogP contribution in [0.4, 0.5) is 0 Å². The molecule has 1 aromatic carbocycles. The third kappa shape index (κ3) is 5.80. The number of nitrogens with two attached hydrogens (primary N) is 1. The molecule has 5 heteroatoms. The van der Waals surface area contributed by atoms with Crippen molar-refractivity contribution in [1.29, 1.82) is 0 Å². The molecule has 2 N–H and O–H groups in total. The number of esters is 1. The van der Waals surface area contributed by atoms with Crippen molar-refractivity contribution < 1.29 is 19.0 Å². The minimum atomic E-state index is -0.408. The van der Waals surface area contributed by atoms with Crippen LogP contribution in [0.25, 0.3) is 0 Å². The number of carbonyl (C=O) groups excluding carboxylic acids is 1. The third-order valence-corrected chi connectivity index (χ3v) is 4.86. The van der Waals surface area contributed by atoms with Gasteiger partial charge in [-0.25, -0.2) is 0 Å². The number of hydrogen-bond donors (Lipinski definition) is 1. The molecule has 0 amide bonds. The monoisotopic (exact) mass is 349 g/mol. The maximum absolute atomic E-state index is 11.7. The van der Waals surface area contributed by atoms with Gasteiger partial charge in [0, 0.05) is 13.0 Å². The molecule has 1 saturated heterocycles. The van der Waals surface area contributed by atoms with E-state index < -0.39 is 5.97 Å². The standard InChI is InChI=1S/C20H31NO4/c1-14-8-10-16(11-9-14)6-4-5-7-17-20(25-18(22)12-21)19(23-3)15(2)13-24-17/h8-11,15,17,19-20H,4-7,12-13,21H2,1-3H3/t15-,17-,19-,20+/m0/s1. The van der Waals surface area contributed by atoms with Gasteiger partial charge in [0.15, 0.2) is 6.10 Å². The van der Waals surface area contributed by atoms with Crippen molar-refractivity contribution in [1.82, 2.24) is 0 Å². The van der Waals surface area contributed by atoms with E-state index in [9.17, 15) is 4.79 Å². The van der Waals surface area contributed by atoms with Crippen molar-refractivity contribution in [3.05, 3.63) is 35.4 Å². The lowest BCUT2D eigenvalue weighted by Gasteiger charge is -2.40. The van der Waals surface area contributed by atoms with Crippen LogP contribution in [0, 0.1) is 12.8 Å². The number of aryl methyl sites for hydroxylation is 2. The van der Waals surface area contributed by atoms with E-state index in [0.717, 1.165) is 25.7 Å². The van der Waals surface area contributed by atoms with Crippen LogP contribution in [0.2, 0.25) is 0 Å². The summed E-state index contributed by atoms with van der Waals surface area (Å²) in [6.07, 6.45) is 3.32. The third-order valence-electron chi connectivity index (χ3n) is 4.86. The Balaban J connectivity index is 1.86. The number of hydrogen-bond acceptors (Lipinski definition) is 5. The highest BCUT2D eigenvalue weighted by atomic mass is 16.6. The normalized spacial score (nSPS) is 26.4. The number of methoxy groups -OCH3 is 1. The molecule has 1 aromatic rings. The fraction of sp³-hybridized carbons (Fsp3) is 0.650. The fourth-order valence-electron chi connectivity index (χ4n) is 3.39. The minimum Gasteiger partial charge on any atom is -0.456 e. The molecule has 0 saturated carbocycles. The Bertz CT molecular complexity index is 531. The smallest absolute Gasteiger partial charge is 0.320 e. The first-order valence-electron chi connectivity index (χ1n) is 9.14. The molecule has 140 valence electrons. The molecule has 4 atom stereocenters. The van der Waals surface area contributed by atoms with Gasteiger partial charge >= 0.3 is 5.97 Å². The summed E-state index contributed by atoms with van der Waals surface area (Å²) in [7, 11) is 1.66. The summed E-state index contributed by atoms with van der Waals surface area (Å²) in [5, 5.41) is 0. The summed E-state index contributed by atoms with van der Waals surface area (Å²) in [6, 6.07) is 8.65. The Labute approximate surface area is 150 Å². The van der Waals surface area contributed by atoms with E-state index >= 15 is 0 Å². The Morgan fingerprint density at radius 1 is 1.24 bits per heavy atom. The van der Waals surface area contributed by atoms with Crippen LogP contribution in [0.3, 0.4) is 0 Å². The maximum Gasteiger partial charge on any atom is 0.320 e. The summed E-state index contributed by atoms with van der Waals surface area (Å²) in [5.74, 6) is -0.223. The van der Waals surface area contributed by atoms with E-state index in [4.69, 9.17) is 19.9 Å². The van der Waals surface area contributed by atoms with Crippen LogP contribution in [0.5, 0.6) is 0 Å². The van der Waals surface area contributed by atoms with Crippen molar-refractivity contribution in [2.24, 2.45) is 11.7 Å². The summed E-state index contributed by atoms with van der Waals surface area (Å²) in [6.45, 7) is 4.64. The van der Waals surface area contributed by atoms with E-state index in [-0.39, 0.29) is 30.8 Å². The lowest BCUT2D eigenvalue weighted by atomic mass is 9.90. The van der Waals surface area contributed by atoms with Gasteiger partial charge in [-0.15, -0.1) is 0 Å². The molecule has 0 aliphatic carbocycles. The van der Waals surface area contributed by atoms with Crippen molar-refractivity contribution in [3.8, 4) is 0 Å². The average molecular weight is 349 g/mol. The number of benzene rings is 1. The molecule has 0 radical (unpaired) electrons. The van der Waals surface area contributed by atoms with Crippen LogP contribution in [-0.2, 0) is 25.4 Å². The predicted octanol–water partition coefficient (Wildman–Crippen LogP) is 2.63. The van der Waals surface area contributed by atoms with Gasteiger partial charge in [-0.1, -0.05) is 43.2 Å². The zero-order valence-corrected chi connectivity index (χ0v) is 15.6. The van der Waals surface area contributed by atoms with E-state index in [1.165, 1.54) is 11.1 Å². The maximum atomic E-state index is 11.7. The number of rotatable bonds is 8. The average Bonchev–Trinajstić information content (AvgIpc) is 2.61. The highest BCUT2D eigenvalue weighted by molar-refractivity contribution is 5.71. The van der Waals surface area contributed by atoms with Crippen LogP contribution in [0.1, 0.15) is 37.3 Å². The van der Waals surface area contributed by atoms with Crippen molar-refractivity contribution in [3.63, 3.8) is 0 Å². The molecule has 0 aromatic heterocycles. The molecule has 1 fully saturated rings. The molecule has 1 aliphatic rings. The van der Waals surface area contributed by atoms with Crippen molar-refractivity contribution >= 4 is 5.97 Å². The highest BCUT2D eigenvalue weighted by Crippen LogP contribution is 2.28. The molecule has 0 bridgehead atoms. The number of unbranched alkanes of at least 4 members (excludes halogenated alkanes) is 1. The lowest BCUT2D eigenvalue weighted by Crippen LogP contribution is -2.52. The molecule has 1 heterocycles.